The summed E-state index contributed by atoms with van der Waals surface area (Å²) in [5.41, 5.74) is 2.54. The largest absolute Gasteiger partial charge is 0.379 e. The van der Waals surface area contributed by atoms with Crippen molar-refractivity contribution < 1.29 is 22.3 Å². The van der Waals surface area contributed by atoms with Gasteiger partial charge in [-0.25, -0.2) is 18.8 Å². The molecule has 11 nitrogen and oxygen atoms in total. The van der Waals surface area contributed by atoms with Crippen LogP contribution in [0, 0.1) is 5.82 Å². The number of piperidine rings is 1. The van der Waals surface area contributed by atoms with Crippen LogP contribution in [0.2, 0.25) is 0 Å². The first-order valence-corrected chi connectivity index (χ1v) is 15.0. The van der Waals surface area contributed by atoms with E-state index in [0.717, 1.165) is 73.3 Å². The summed E-state index contributed by atoms with van der Waals surface area (Å²) < 4.78 is 48.8. The SMILES string of the molecule is CC(C)c1nn(-c2ccc(F)cc2)c2nc(C(=O)NS(=O)(=O)N(C)C)cc(N3CCC(N4CCOCC4)CC3)c12. The maximum absolute atomic E-state index is 13.7. The molecular formula is C27H36FN7O4S. The minimum Gasteiger partial charge on any atom is -0.379 e. The number of morpholine rings is 1. The molecule has 2 saturated heterocycles. The molecule has 0 saturated carbocycles. The second kappa shape index (κ2) is 11.4. The van der Waals surface area contributed by atoms with Crippen LogP contribution >= 0.6 is 0 Å². The van der Waals surface area contributed by atoms with E-state index < -0.39 is 16.1 Å². The van der Waals surface area contributed by atoms with Crippen LogP contribution in [0.15, 0.2) is 30.3 Å². The maximum atomic E-state index is 13.7. The Morgan fingerprint density at radius 3 is 2.35 bits per heavy atom. The molecule has 1 aromatic carbocycles. The first kappa shape index (κ1) is 28.4. The summed E-state index contributed by atoms with van der Waals surface area (Å²) in [5.74, 6) is -1.18. The third-order valence-electron chi connectivity index (χ3n) is 7.56. The highest BCUT2D eigenvalue weighted by molar-refractivity contribution is 7.87. The third kappa shape index (κ3) is 5.69. The number of nitrogens with zero attached hydrogens (tertiary/aromatic N) is 6. The van der Waals surface area contributed by atoms with Crippen LogP contribution in [-0.4, -0.2) is 97.8 Å². The van der Waals surface area contributed by atoms with E-state index in [0.29, 0.717) is 17.4 Å². The normalized spacial score (nSPS) is 17.7. The van der Waals surface area contributed by atoms with Crippen LogP contribution in [0.25, 0.3) is 16.7 Å². The molecule has 4 heterocycles. The van der Waals surface area contributed by atoms with Crippen molar-refractivity contribution in [3.8, 4) is 5.69 Å². The van der Waals surface area contributed by atoms with E-state index in [-0.39, 0.29) is 17.4 Å². The number of aromatic nitrogens is 3. The Balaban J connectivity index is 1.60. The molecule has 0 spiro atoms. The predicted octanol–water partition coefficient (Wildman–Crippen LogP) is 2.52. The summed E-state index contributed by atoms with van der Waals surface area (Å²) >= 11 is 0. The monoisotopic (exact) mass is 573 g/mol. The molecule has 2 fully saturated rings. The number of halogens is 1. The molecule has 1 amide bonds. The quantitative estimate of drug-likeness (QED) is 0.459. The Hall–Kier alpha value is -3.13. The van der Waals surface area contributed by atoms with Crippen molar-refractivity contribution in [1.82, 2.24) is 28.7 Å². The van der Waals surface area contributed by atoms with Gasteiger partial charge >= 0.3 is 10.2 Å². The van der Waals surface area contributed by atoms with Crippen LogP contribution in [-0.2, 0) is 14.9 Å². The summed E-state index contributed by atoms with van der Waals surface area (Å²) in [6.45, 7) is 8.95. The lowest BCUT2D eigenvalue weighted by Gasteiger charge is -2.41. The number of hydrogen-bond donors (Lipinski definition) is 1. The molecule has 2 aromatic heterocycles. The number of fused-ring (bicyclic) bond motifs is 1. The number of ether oxygens (including phenoxy) is 1. The molecule has 3 aromatic rings. The van der Waals surface area contributed by atoms with Gasteiger partial charge in [0.2, 0.25) is 0 Å². The molecule has 0 radical (unpaired) electrons. The number of hydrogen-bond acceptors (Lipinski definition) is 8. The van der Waals surface area contributed by atoms with E-state index in [2.05, 4.69) is 19.5 Å². The Bertz CT molecular complexity index is 1480. The molecule has 0 aliphatic carbocycles. The molecule has 2 aliphatic heterocycles. The van der Waals surface area contributed by atoms with Gasteiger partial charge in [0.15, 0.2) is 5.65 Å². The zero-order valence-electron chi connectivity index (χ0n) is 23.3. The van der Waals surface area contributed by atoms with Gasteiger partial charge in [0.1, 0.15) is 11.5 Å². The summed E-state index contributed by atoms with van der Waals surface area (Å²) in [5, 5.41) is 5.66. The fraction of sp³-hybridized carbons (Fsp3) is 0.519. The molecule has 5 rings (SSSR count). The molecule has 1 N–H and O–H groups in total. The summed E-state index contributed by atoms with van der Waals surface area (Å²) in [4.78, 5) is 22.6. The van der Waals surface area contributed by atoms with Crippen molar-refractivity contribution in [2.24, 2.45) is 0 Å². The number of anilines is 1. The highest BCUT2D eigenvalue weighted by Crippen LogP contribution is 2.36. The molecule has 0 atom stereocenters. The highest BCUT2D eigenvalue weighted by Gasteiger charge is 2.30. The molecule has 0 unspecified atom stereocenters. The van der Waals surface area contributed by atoms with Gasteiger partial charge in [-0.1, -0.05) is 13.8 Å². The molecule has 216 valence electrons. The van der Waals surface area contributed by atoms with Crippen molar-refractivity contribution in [2.45, 2.75) is 38.6 Å². The van der Waals surface area contributed by atoms with Crippen LogP contribution in [0.1, 0.15) is 48.8 Å². The van der Waals surface area contributed by atoms with Gasteiger partial charge in [0.25, 0.3) is 5.91 Å². The Labute approximate surface area is 234 Å². The Morgan fingerprint density at radius 2 is 1.75 bits per heavy atom. The third-order valence-corrected chi connectivity index (χ3v) is 8.97. The van der Waals surface area contributed by atoms with Crippen molar-refractivity contribution >= 4 is 32.8 Å². The zero-order chi connectivity index (χ0) is 28.6. The first-order chi connectivity index (χ1) is 19.0. The number of pyridine rings is 1. The number of amides is 1. The summed E-state index contributed by atoms with van der Waals surface area (Å²) in [6.07, 6.45) is 1.90. The van der Waals surface area contributed by atoms with Gasteiger partial charge in [-0.3, -0.25) is 9.69 Å². The van der Waals surface area contributed by atoms with Crippen molar-refractivity contribution in [2.75, 3.05) is 58.4 Å². The predicted molar refractivity (Wildman–Crippen MR) is 151 cm³/mol. The highest BCUT2D eigenvalue weighted by atomic mass is 32.2. The maximum Gasteiger partial charge on any atom is 0.303 e. The van der Waals surface area contributed by atoms with Crippen molar-refractivity contribution in [3.63, 3.8) is 0 Å². The molecule has 40 heavy (non-hydrogen) atoms. The van der Waals surface area contributed by atoms with E-state index >= 15 is 0 Å². The lowest BCUT2D eigenvalue weighted by molar-refractivity contribution is 0.0115. The number of carbonyl (C=O) groups is 1. The van der Waals surface area contributed by atoms with E-state index in [1.54, 1.807) is 22.9 Å². The van der Waals surface area contributed by atoms with Gasteiger partial charge in [-0.2, -0.15) is 17.8 Å². The Kier molecular flexibility index (Phi) is 8.09. The number of nitrogens with one attached hydrogen (secondary N) is 1. The smallest absolute Gasteiger partial charge is 0.303 e. The number of carbonyl (C=O) groups excluding carboxylic acids is 1. The molecule has 0 bridgehead atoms. The molecular weight excluding hydrogens is 537 g/mol. The van der Waals surface area contributed by atoms with Gasteiger partial charge < -0.3 is 9.64 Å². The lowest BCUT2D eigenvalue weighted by atomic mass is 10.00. The Morgan fingerprint density at radius 1 is 1.10 bits per heavy atom. The molecule has 2 aliphatic rings. The fourth-order valence-electron chi connectivity index (χ4n) is 5.33. The standard InChI is InChI=1S/C27H36FN7O4S/c1-18(2)25-24-23(34-11-9-20(10-12-34)33-13-15-39-16-14-33)17-22(27(36)31-40(37,38)32(3)4)29-26(24)35(30-25)21-7-5-19(28)6-8-21/h5-8,17-18,20H,9-16H2,1-4H3,(H,31,36). The second-order valence-electron chi connectivity index (χ2n) is 10.7. The fourth-order valence-corrected chi connectivity index (χ4v) is 5.85. The number of benzene rings is 1. The van der Waals surface area contributed by atoms with Gasteiger partial charge in [0, 0.05) is 46.3 Å². The van der Waals surface area contributed by atoms with E-state index in [4.69, 9.17) is 9.84 Å². The van der Waals surface area contributed by atoms with Crippen LogP contribution < -0.4 is 9.62 Å². The number of rotatable bonds is 7. The van der Waals surface area contributed by atoms with Crippen LogP contribution in [0.3, 0.4) is 0 Å². The summed E-state index contributed by atoms with van der Waals surface area (Å²) in [7, 11) is -1.35. The van der Waals surface area contributed by atoms with Crippen LogP contribution in [0.5, 0.6) is 0 Å². The van der Waals surface area contributed by atoms with E-state index in [1.165, 1.54) is 26.2 Å². The van der Waals surface area contributed by atoms with Gasteiger partial charge in [0.05, 0.1) is 35.7 Å². The van der Waals surface area contributed by atoms with Gasteiger partial charge in [-0.15, -0.1) is 0 Å². The van der Waals surface area contributed by atoms with Gasteiger partial charge in [-0.05, 0) is 49.1 Å². The average Bonchev–Trinajstić information content (AvgIpc) is 3.33. The van der Waals surface area contributed by atoms with Crippen molar-refractivity contribution in [3.05, 3.63) is 47.5 Å². The van der Waals surface area contributed by atoms with Crippen molar-refractivity contribution in [1.29, 1.82) is 0 Å². The minimum atomic E-state index is -4.03. The summed E-state index contributed by atoms with van der Waals surface area (Å²) in [6, 6.07) is 8.01. The lowest BCUT2D eigenvalue weighted by Crippen LogP contribution is -2.49. The van der Waals surface area contributed by atoms with Crippen LogP contribution in [0.4, 0.5) is 10.1 Å². The first-order valence-electron chi connectivity index (χ1n) is 13.6. The minimum absolute atomic E-state index is 0.0319. The second-order valence-corrected chi connectivity index (χ2v) is 12.6. The van der Waals surface area contributed by atoms with E-state index in [1.807, 2.05) is 13.8 Å². The molecule has 13 heteroatoms. The zero-order valence-corrected chi connectivity index (χ0v) is 24.1. The average molecular weight is 574 g/mol. The van der Waals surface area contributed by atoms with E-state index in [9.17, 15) is 17.6 Å². The topological polar surface area (TPSA) is 113 Å².